The van der Waals surface area contributed by atoms with Crippen LogP contribution in [-0.4, -0.2) is 37.2 Å². The minimum Gasteiger partial charge on any atom is -0.462 e. The molecule has 0 fully saturated rings. The van der Waals surface area contributed by atoms with Gasteiger partial charge in [0.2, 0.25) is 0 Å². The summed E-state index contributed by atoms with van der Waals surface area (Å²) in [5, 5.41) is 0. The Morgan fingerprint density at radius 1 is 0.286 bits per heavy atom. The third kappa shape index (κ3) is 54.2. The highest BCUT2D eigenvalue weighted by atomic mass is 16.6. The highest BCUT2D eigenvalue weighted by Gasteiger charge is 2.19. The Hall–Kier alpha value is -1.59. The van der Waals surface area contributed by atoms with Gasteiger partial charge in [-0.3, -0.25) is 14.4 Å². The highest BCUT2D eigenvalue weighted by Crippen LogP contribution is 2.19. The van der Waals surface area contributed by atoms with Gasteiger partial charge in [-0.1, -0.05) is 324 Å². The fourth-order valence-corrected chi connectivity index (χ4v) is 9.87. The van der Waals surface area contributed by atoms with E-state index in [-0.39, 0.29) is 31.1 Å². The first-order chi connectivity index (χ1) is 34.3. The van der Waals surface area contributed by atoms with Crippen LogP contribution in [0.1, 0.15) is 362 Å². The molecule has 2 unspecified atom stereocenters. The van der Waals surface area contributed by atoms with Crippen molar-refractivity contribution in [3.8, 4) is 0 Å². The van der Waals surface area contributed by atoms with Crippen molar-refractivity contribution in [3.63, 3.8) is 0 Å². The molecule has 0 bridgehead atoms. The van der Waals surface area contributed by atoms with Crippen LogP contribution < -0.4 is 0 Å². The molecule has 0 aliphatic rings. The molecule has 0 aromatic rings. The van der Waals surface area contributed by atoms with Crippen molar-refractivity contribution in [2.45, 2.75) is 368 Å². The number of esters is 3. The van der Waals surface area contributed by atoms with E-state index in [1.165, 1.54) is 250 Å². The summed E-state index contributed by atoms with van der Waals surface area (Å²) >= 11 is 0. The van der Waals surface area contributed by atoms with Gasteiger partial charge in [-0.25, -0.2) is 0 Å². The highest BCUT2D eigenvalue weighted by molar-refractivity contribution is 5.71. The van der Waals surface area contributed by atoms with Crippen LogP contribution in [0.5, 0.6) is 0 Å². The van der Waals surface area contributed by atoms with Crippen molar-refractivity contribution in [1.82, 2.24) is 0 Å². The van der Waals surface area contributed by atoms with Crippen LogP contribution in [0.3, 0.4) is 0 Å². The molecule has 0 heterocycles. The summed E-state index contributed by atoms with van der Waals surface area (Å²) in [6.07, 6.45) is 62.3. The van der Waals surface area contributed by atoms with Crippen LogP contribution in [0.15, 0.2) is 0 Å². The van der Waals surface area contributed by atoms with Gasteiger partial charge in [0.25, 0.3) is 0 Å². The zero-order chi connectivity index (χ0) is 51.1. The fraction of sp³-hybridized carbons (Fsp3) is 0.953. The average molecular weight is 990 g/mol. The second-order valence-electron chi connectivity index (χ2n) is 22.5. The summed E-state index contributed by atoms with van der Waals surface area (Å²) in [5.74, 6) is 0.947. The Kier molecular flexibility index (Phi) is 55.4. The molecule has 70 heavy (non-hydrogen) atoms. The van der Waals surface area contributed by atoms with Crippen LogP contribution in [0.2, 0.25) is 0 Å². The molecule has 0 saturated heterocycles. The van der Waals surface area contributed by atoms with E-state index in [1.807, 2.05) is 0 Å². The van der Waals surface area contributed by atoms with Gasteiger partial charge in [0.1, 0.15) is 13.2 Å². The van der Waals surface area contributed by atoms with E-state index in [4.69, 9.17) is 14.2 Å². The van der Waals surface area contributed by atoms with E-state index >= 15 is 0 Å². The van der Waals surface area contributed by atoms with E-state index in [9.17, 15) is 14.4 Å². The molecule has 0 aromatic heterocycles. The number of rotatable bonds is 58. The molecular weight excluding hydrogens is 865 g/mol. The SMILES string of the molecule is CCCCCCCCCCCCCCCCCCC(=O)O[C@H](COC(=O)CCCCCCCCCCCCCCCCCCCCC(C)CC)COC(=O)CCCCCCCCCCCCC(C)CC. The van der Waals surface area contributed by atoms with Gasteiger partial charge in [0, 0.05) is 19.3 Å². The predicted octanol–water partition coefficient (Wildman–Crippen LogP) is 21.2. The predicted molar refractivity (Wildman–Crippen MR) is 303 cm³/mol. The van der Waals surface area contributed by atoms with Crippen molar-refractivity contribution in [2.75, 3.05) is 13.2 Å². The molecular formula is C64H124O6. The molecule has 0 N–H and O–H groups in total. The topological polar surface area (TPSA) is 78.9 Å². The first-order valence-electron chi connectivity index (χ1n) is 31.8. The Labute approximate surface area is 438 Å². The number of hydrogen-bond donors (Lipinski definition) is 0. The lowest BCUT2D eigenvalue weighted by molar-refractivity contribution is -0.167. The van der Waals surface area contributed by atoms with Crippen LogP contribution in [-0.2, 0) is 28.6 Å². The summed E-state index contributed by atoms with van der Waals surface area (Å²) in [5.41, 5.74) is 0. The molecule has 416 valence electrons. The van der Waals surface area contributed by atoms with Crippen LogP contribution >= 0.6 is 0 Å². The lowest BCUT2D eigenvalue weighted by atomic mass is 9.99. The number of unbranched alkanes of at least 4 members (excludes halogenated alkanes) is 41. The standard InChI is InChI=1S/C64H124O6/c1-6-9-10-11-12-13-14-15-16-22-26-29-36-41-46-51-56-64(67)70-61(58-69-63(66)55-50-45-40-35-31-30-33-38-43-48-53-60(5)8-3)57-68-62(65)54-49-44-39-34-28-25-23-20-18-17-19-21-24-27-32-37-42-47-52-59(4)7-2/h59-61H,6-58H2,1-5H3/t59?,60?,61-/m1/s1. The molecule has 0 amide bonds. The monoisotopic (exact) mass is 989 g/mol. The van der Waals surface area contributed by atoms with Crippen LogP contribution in [0.4, 0.5) is 0 Å². The summed E-state index contributed by atoms with van der Waals surface area (Å²) in [4.78, 5) is 38.3. The van der Waals surface area contributed by atoms with Gasteiger partial charge in [0.15, 0.2) is 6.10 Å². The molecule has 6 nitrogen and oxygen atoms in total. The van der Waals surface area contributed by atoms with E-state index in [1.54, 1.807) is 0 Å². The van der Waals surface area contributed by atoms with Crippen molar-refractivity contribution >= 4 is 17.9 Å². The number of carbonyl (C=O) groups is 3. The molecule has 0 aliphatic heterocycles. The average Bonchev–Trinajstić information content (AvgIpc) is 3.36. The molecule has 0 aromatic carbocycles. The third-order valence-corrected chi connectivity index (χ3v) is 15.4. The smallest absolute Gasteiger partial charge is 0.306 e. The molecule has 0 spiro atoms. The summed E-state index contributed by atoms with van der Waals surface area (Å²) < 4.78 is 16.9. The van der Waals surface area contributed by atoms with E-state index in [0.717, 1.165) is 69.6 Å². The van der Waals surface area contributed by atoms with Gasteiger partial charge in [-0.05, 0) is 31.1 Å². The van der Waals surface area contributed by atoms with Crippen molar-refractivity contribution < 1.29 is 28.6 Å². The second-order valence-corrected chi connectivity index (χ2v) is 22.5. The minimum absolute atomic E-state index is 0.0621. The van der Waals surface area contributed by atoms with Crippen molar-refractivity contribution in [2.24, 2.45) is 11.8 Å². The molecule has 0 rings (SSSR count). The Bertz CT molecular complexity index is 1080. The quantitative estimate of drug-likeness (QED) is 0.0343. The Morgan fingerprint density at radius 2 is 0.500 bits per heavy atom. The zero-order valence-corrected chi connectivity index (χ0v) is 48.2. The lowest BCUT2D eigenvalue weighted by Gasteiger charge is -2.18. The van der Waals surface area contributed by atoms with Crippen molar-refractivity contribution in [3.05, 3.63) is 0 Å². The Balaban J connectivity index is 4.25. The maximum atomic E-state index is 12.9. The van der Waals surface area contributed by atoms with Crippen LogP contribution in [0.25, 0.3) is 0 Å². The molecule has 0 aliphatic carbocycles. The van der Waals surface area contributed by atoms with E-state index in [0.29, 0.717) is 19.3 Å². The molecule has 0 saturated carbocycles. The van der Waals surface area contributed by atoms with Gasteiger partial charge in [0.05, 0.1) is 0 Å². The molecule has 6 heteroatoms. The van der Waals surface area contributed by atoms with Crippen molar-refractivity contribution in [1.29, 1.82) is 0 Å². The van der Waals surface area contributed by atoms with Gasteiger partial charge in [-0.15, -0.1) is 0 Å². The summed E-state index contributed by atoms with van der Waals surface area (Å²) in [6.45, 7) is 11.5. The lowest BCUT2D eigenvalue weighted by Crippen LogP contribution is -2.30. The Morgan fingerprint density at radius 3 is 0.743 bits per heavy atom. The van der Waals surface area contributed by atoms with Crippen LogP contribution in [0, 0.1) is 11.8 Å². The maximum Gasteiger partial charge on any atom is 0.306 e. The summed E-state index contributed by atoms with van der Waals surface area (Å²) in [7, 11) is 0. The largest absolute Gasteiger partial charge is 0.462 e. The maximum absolute atomic E-state index is 12.9. The van der Waals surface area contributed by atoms with E-state index < -0.39 is 6.10 Å². The first-order valence-corrected chi connectivity index (χ1v) is 31.8. The number of carbonyl (C=O) groups excluding carboxylic acids is 3. The minimum atomic E-state index is -0.763. The molecule has 0 radical (unpaired) electrons. The van der Waals surface area contributed by atoms with Gasteiger partial charge in [-0.2, -0.15) is 0 Å². The molecule has 3 atom stereocenters. The number of ether oxygens (including phenoxy) is 3. The normalized spacial score (nSPS) is 12.8. The third-order valence-electron chi connectivity index (χ3n) is 15.4. The summed E-state index contributed by atoms with van der Waals surface area (Å²) in [6, 6.07) is 0. The zero-order valence-electron chi connectivity index (χ0n) is 48.2. The first kappa shape index (κ1) is 68.4. The fourth-order valence-electron chi connectivity index (χ4n) is 9.87. The van der Waals surface area contributed by atoms with Gasteiger partial charge < -0.3 is 14.2 Å². The number of hydrogen-bond acceptors (Lipinski definition) is 6. The van der Waals surface area contributed by atoms with E-state index in [2.05, 4.69) is 34.6 Å². The second kappa shape index (κ2) is 56.7. The van der Waals surface area contributed by atoms with Gasteiger partial charge >= 0.3 is 17.9 Å².